The molecule has 0 fully saturated rings. The van der Waals surface area contributed by atoms with Gasteiger partial charge in [0.15, 0.2) is 17.5 Å². The zero-order valence-electron chi connectivity index (χ0n) is 18.8. The molecule has 0 spiro atoms. The molecule has 9 heteroatoms. The van der Waals surface area contributed by atoms with Crippen LogP contribution < -0.4 is 24.8 Å². The number of nitrogens with zero attached hydrogens (tertiary/aromatic N) is 1. The van der Waals surface area contributed by atoms with Gasteiger partial charge in [0.2, 0.25) is 5.75 Å². The van der Waals surface area contributed by atoms with Crippen molar-refractivity contribution in [1.29, 1.82) is 0 Å². The summed E-state index contributed by atoms with van der Waals surface area (Å²) in [7, 11) is 6.54. The van der Waals surface area contributed by atoms with Gasteiger partial charge in [0.1, 0.15) is 5.82 Å². The van der Waals surface area contributed by atoms with Crippen molar-refractivity contribution >= 4 is 40.8 Å². The van der Waals surface area contributed by atoms with Crippen LogP contribution in [0.5, 0.6) is 17.2 Å². The normalized spacial score (nSPS) is 11.1. The van der Waals surface area contributed by atoms with E-state index >= 15 is 0 Å². The average molecular weight is 556 g/mol. The van der Waals surface area contributed by atoms with Crippen LogP contribution in [0, 0.1) is 5.82 Å². The second-order valence-corrected chi connectivity index (χ2v) is 6.92. The molecule has 0 aliphatic rings. The van der Waals surface area contributed by atoms with Gasteiger partial charge in [0.25, 0.3) is 0 Å². The molecule has 0 radical (unpaired) electrons. The van der Waals surface area contributed by atoms with Crippen molar-refractivity contribution in [3.05, 3.63) is 53.5 Å². The van der Waals surface area contributed by atoms with Crippen LogP contribution in [0.1, 0.15) is 11.1 Å². The van der Waals surface area contributed by atoms with E-state index in [4.69, 9.17) is 14.2 Å². The van der Waals surface area contributed by atoms with Crippen LogP contribution in [0.2, 0.25) is 0 Å². The van der Waals surface area contributed by atoms with Crippen LogP contribution in [0.15, 0.2) is 41.5 Å². The van der Waals surface area contributed by atoms with Crippen LogP contribution >= 0.6 is 24.0 Å². The summed E-state index contributed by atoms with van der Waals surface area (Å²) in [6.45, 7) is 1.33. The number of aromatic amines is 1. The highest BCUT2D eigenvalue weighted by Crippen LogP contribution is 2.39. The molecule has 174 valence electrons. The molecule has 0 aliphatic heterocycles. The van der Waals surface area contributed by atoms with Crippen molar-refractivity contribution in [3.8, 4) is 17.2 Å². The summed E-state index contributed by atoms with van der Waals surface area (Å²) in [5.74, 6) is 2.35. The molecule has 0 saturated heterocycles. The molecule has 0 amide bonds. The Morgan fingerprint density at radius 3 is 2.25 bits per heavy atom. The molecule has 1 aromatic heterocycles. The lowest BCUT2D eigenvalue weighted by atomic mass is 10.1. The van der Waals surface area contributed by atoms with Crippen LogP contribution in [-0.4, -0.2) is 52.4 Å². The molecule has 32 heavy (non-hydrogen) atoms. The number of hydrogen-bond donors (Lipinski definition) is 3. The topological polar surface area (TPSA) is 79.9 Å². The van der Waals surface area contributed by atoms with Crippen molar-refractivity contribution in [3.63, 3.8) is 0 Å². The third kappa shape index (κ3) is 5.96. The van der Waals surface area contributed by atoms with E-state index < -0.39 is 0 Å². The number of methoxy groups -OCH3 is 3. The van der Waals surface area contributed by atoms with E-state index in [1.54, 1.807) is 40.5 Å². The van der Waals surface area contributed by atoms with E-state index in [0.717, 1.165) is 28.5 Å². The first kappa shape index (κ1) is 25.6. The smallest absolute Gasteiger partial charge is 0.203 e. The molecule has 0 aliphatic carbocycles. The molecule has 0 saturated carbocycles. The van der Waals surface area contributed by atoms with Gasteiger partial charge in [-0.3, -0.25) is 4.99 Å². The van der Waals surface area contributed by atoms with E-state index in [1.807, 2.05) is 18.3 Å². The monoisotopic (exact) mass is 556 g/mol. The number of H-pyrrole nitrogens is 1. The SMILES string of the molecule is CN=C(NCCc1ccc(OC)c(OC)c1OC)NCCc1c[nH]c2ccc(F)cc12.I. The zero-order valence-corrected chi connectivity index (χ0v) is 21.1. The summed E-state index contributed by atoms with van der Waals surface area (Å²) in [6, 6.07) is 8.61. The molecular weight excluding hydrogens is 526 g/mol. The third-order valence-corrected chi connectivity index (χ3v) is 5.11. The van der Waals surface area contributed by atoms with E-state index in [9.17, 15) is 4.39 Å². The highest BCUT2D eigenvalue weighted by molar-refractivity contribution is 14.0. The van der Waals surface area contributed by atoms with Crippen LogP contribution in [0.4, 0.5) is 4.39 Å². The van der Waals surface area contributed by atoms with Crippen molar-refractivity contribution in [2.24, 2.45) is 4.99 Å². The Morgan fingerprint density at radius 1 is 0.938 bits per heavy atom. The molecule has 3 rings (SSSR count). The predicted octanol–water partition coefficient (Wildman–Crippen LogP) is 3.90. The van der Waals surface area contributed by atoms with Crippen molar-refractivity contribution in [1.82, 2.24) is 15.6 Å². The standard InChI is InChI=1S/C23H29FN4O3.HI/c1-25-23(27-12-10-16-14-28-19-7-6-17(24)13-18(16)19)26-11-9-15-5-8-20(29-2)22(31-4)21(15)30-3;/h5-8,13-14,28H,9-12H2,1-4H3,(H2,25,26,27);1H. The number of benzene rings is 2. The van der Waals surface area contributed by atoms with Crippen molar-refractivity contribution in [2.75, 3.05) is 41.5 Å². The third-order valence-electron chi connectivity index (χ3n) is 5.11. The van der Waals surface area contributed by atoms with Crippen LogP contribution in [-0.2, 0) is 12.8 Å². The number of guanidine groups is 1. The predicted molar refractivity (Wildman–Crippen MR) is 137 cm³/mol. The van der Waals surface area contributed by atoms with Gasteiger partial charge in [-0.15, -0.1) is 24.0 Å². The Morgan fingerprint density at radius 2 is 1.62 bits per heavy atom. The van der Waals surface area contributed by atoms with Gasteiger partial charge in [0.05, 0.1) is 21.3 Å². The first-order valence-electron chi connectivity index (χ1n) is 10.1. The van der Waals surface area contributed by atoms with Gasteiger partial charge in [0, 0.05) is 42.8 Å². The summed E-state index contributed by atoms with van der Waals surface area (Å²) in [5.41, 5.74) is 3.00. The molecule has 3 aromatic rings. The lowest BCUT2D eigenvalue weighted by Gasteiger charge is -2.16. The second-order valence-electron chi connectivity index (χ2n) is 6.92. The fourth-order valence-electron chi connectivity index (χ4n) is 3.57. The minimum absolute atomic E-state index is 0. The van der Waals surface area contributed by atoms with Crippen molar-refractivity contribution < 1.29 is 18.6 Å². The largest absolute Gasteiger partial charge is 0.493 e. The molecular formula is C23H30FIN4O3. The fourth-order valence-corrected chi connectivity index (χ4v) is 3.57. The molecule has 1 heterocycles. The summed E-state index contributed by atoms with van der Waals surface area (Å²) < 4.78 is 29.8. The number of rotatable bonds is 9. The molecule has 3 N–H and O–H groups in total. The first-order valence-corrected chi connectivity index (χ1v) is 10.1. The number of aromatic nitrogens is 1. The molecule has 0 bridgehead atoms. The van der Waals surface area contributed by atoms with Gasteiger partial charge in [-0.2, -0.15) is 0 Å². The lowest BCUT2D eigenvalue weighted by molar-refractivity contribution is 0.322. The summed E-state index contributed by atoms with van der Waals surface area (Å²) in [6.07, 6.45) is 3.38. The Bertz CT molecular complexity index is 1060. The molecule has 0 unspecified atom stereocenters. The van der Waals surface area contributed by atoms with Gasteiger partial charge < -0.3 is 29.8 Å². The maximum atomic E-state index is 13.5. The fraction of sp³-hybridized carbons (Fsp3) is 0.348. The number of nitrogens with one attached hydrogen (secondary N) is 3. The molecule has 0 atom stereocenters. The van der Waals surface area contributed by atoms with Crippen LogP contribution in [0.3, 0.4) is 0 Å². The van der Waals surface area contributed by atoms with Gasteiger partial charge in [-0.25, -0.2) is 4.39 Å². The van der Waals surface area contributed by atoms with Crippen molar-refractivity contribution in [2.45, 2.75) is 12.8 Å². The quantitative estimate of drug-likeness (QED) is 0.212. The highest BCUT2D eigenvalue weighted by Gasteiger charge is 2.15. The average Bonchev–Trinajstić information content (AvgIpc) is 3.19. The van der Waals surface area contributed by atoms with E-state index in [0.29, 0.717) is 42.7 Å². The second kappa shape index (κ2) is 12.4. The van der Waals surface area contributed by atoms with Gasteiger partial charge >= 0.3 is 0 Å². The number of hydrogen-bond acceptors (Lipinski definition) is 4. The molecule has 7 nitrogen and oxygen atoms in total. The van der Waals surface area contributed by atoms with E-state index in [1.165, 1.54) is 6.07 Å². The minimum atomic E-state index is -0.232. The van der Waals surface area contributed by atoms with Crippen LogP contribution in [0.25, 0.3) is 10.9 Å². The number of aliphatic imine (C=N–C) groups is 1. The Hall–Kier alpha value is -2.69. The van der Waals surface area contributed by atoms with Gasteiger partial charge in [-0.05, 0) is 42.7 Å². The molecule has 2 aromatic carbocycles. The zero-order chi connectivity index (χ0) is 22.2. The number of ether oxygens (including phenoxy) is 3. The Kier molecular flexibility index (Phi) is 9.89. The Labute approximate surface area is 204 Å². The lowest BCUT2D eigenvalue weighted by Crippen LogP contribution is -2.39. The number of fused-ring (bicyclic) bond motifs is 1. The van der Waals surface area contributed by atoms with Gasteiger partial charge in [-0.1, -0.05) is 6.07 Å². The first-order chi connectivity index (χ1) is 15.1. The summed E-state index contributed by atoms with van der Waals surface area (Å²) in [5, 5.41) is 7.51. The summed E-state index contributed by atoms with van der Waals surface area (Å²) >= 11 is 0. The Balaban J connectivity index is 0.00000363. The maximum Gasteiger partial charge on any atom is 0.203 e. The van der Waals surface area contributed by atoms with E-state index in [2.05, 4.69) is 20.6 Å². The number of halogens is 2. The highest BCUT2D eigenvalue weighted by atomic mass is 127. The maximum absolute atomic E-state index is 13.5. The minimum Gasteiger partial charge on any atom is -0.493 e. The van der Waals surface area contributed by atoms with E-state index in [-0.39, 0.29) is 29.8 Å². The summed E-state index contributed by atoms with van der Waals surface area (Å²) in [4.78, 5) is 7.45.